The van der Waals surface area contributed by atoms with Crippen molar-refractivity contribution in [3.63, 3.8) is 0 Å². The first-order valence-corrected chi connectivity index (χ1v) is 17.1. The first-order valence-electron chi connectivity index (χ1n) is 17.1. The number of aromatic nitrogens is 5. The number of fused-ring (bicyclic) bond motifs is 12. The van der Waals surface area contributed by atoms with Crippen molar-refractivity contribution in [3.05, 3.63) is 168 Å². The number of rotatable bonds is 1. The summed E-state index contributed by atoms with van der Waals surface area (Å²) in [5.74, 6) is 0.718. The number of aryl methyl sites for hydroxylation is 4. The van der Waals surface area contributed by atoms with E-state index in [1.54, 1.807) is 6.20 Å². The zero-order valence-corrected chi connectivity index (χ0v) is 31.7. The molecule has 0 N–H and O–H groups in total. The molecule has 0 aliphatic carbocycles. The molecule has 0 amide bonds. The number of benzene rings is 6. The fourth-order valence-electron chi connectivity index (χ4n) is 6.76. The molecule has 0 spiro atoms. The van der Waals surface area contributed by atoms with E-state index in [9.17, 15) is 0 Å². The van der Waals surface area contributed by atoms with Gasteiger partial charge in [0.1, 0.15) is 0 Å². The second-order valence-corrected chi connectivity index (χ2v) is 12.8. The molecule has 255 valence electrons. The molecule has 10 rings (SSSR count). The molecule has 0 fully saturated rings. The van der Waals surface area contributed by atoms with E-state index in [1.165, 1.54) is 59.6 Å². The second kappa shape index (κ2) is 14.8. The number of imidazole rings is 1. The quantitative estimate of drug-likeness (QED) is 0.122. The molecule has 0 aliphatic rings. The summed E-state index contributed by atoms with van der Waals surface area (Å²) in [6.45, 7) is 8.08. The third kappa shape index (κ3) is 6.55. The molecule has 0 atom stereocenters. The van der Waals surface area contributed by atoms with Gasteiger partial charge in [0.2, 0.25) is 0 Å². The Hall–Kier alpha value is -5.81. The van der Waals surface area contributed by atoms with Gasteiger partial charge in [0.05, 0.1) is 11.2 Å². The molecule has 52 heavy (non-hydrogen) atoms. The first kappa shape index (κ1) is 34.6. The van der Waals surface area contributed by atoms with Crippen LogP contribution in [0, 0.1) is 33.8 Å². The third-order valence-electron chi connectivity index (χ3n) is 9.30. The fourth-order valence-corrected chi connectivity index (χ4v) is 6.76. The average molecular weight is 850 g/mol. The SMILES string of the molecule is Cc1cnc2c3[c-]cccc3c3ccccc3c2c1.Cc1cnc2c3ccccc3c3ccccc3c2c1.Cc1nc(-c2ccccn2)[n-]c1C.[Ir]. The number of nitrogens with zero attached hydrogens (tertiary/aromatic N) is 5. The van der Waals surface area contributed by atoms with Crippen molar-refractivity contribution >= 4 is 64.9 Å². The van der Waals surface area contributed by atoms with E-state index in [2.05, 4.69) is 136 Å². The predicted octanol–water partition coefficient (Wildman–Crippen LogP) is 11.2. The maximum atomic E-state index is 4.66. The van der Waals surface area contributed by atoms with Crippen molar-refractivity contribution in [1.82, 2.24) is 24.9 Å². The minimum Gasteiger partial charge on any atom is -0.438 e. The molecule has 6 aromatic carbocycles. The van der Waals surface area contributed by atoms with Crippen LogP contribution in [0.2, 0.25) is 0 Å². The molecule has 0 unspecified atom stereocenters. The van der Waals surface area contributed by atoms with Crippen LogP contribution in [-0.2, 0) is 20.1 Å². The number of pyridine rings is 3. The average Bonchev–Trinajstić information content (AvgIpc) is 3.53. The van der Waals surface area contributed by atoms with Crippen LogP contribution in [0.4, 0.5) is 0 Å². The first-order chi connectivity index (χ1) is 25.0. The Kier molecular flexibility index (Phi) is 9.86. The molecule has 10 aromatic rings. The molecule has 0 aliphatic heterocycles. The summed E-state index contributed by atoms with van der Waals surface area (Å²) in [6, 6.07) is 45.3. The van der Waals surface area contributed by atoms with Gasteiger partial charge in [-0.1, -0.05) is 107 Å². The predicted molar refractivity (Wildman–Crippen MR) is 212 cm³/mol. The minimum atomic E-state index is 0. The zero-order chi connectivity index (χ0) is 34.9. The van der Waals surface area contributed by atoms with Crippen LogP contribution < -0.4 is 4.98 Å². The van der Waals surface area contributed by atoms with Gasteiger partial charge in [0.15, 0.2) is 0 Å². The van der Waals surface area contributed by atoms with E-state index >= 15 is 0 Å². The molecule has 0 bridgehead atoms. The third-order valence-corrected chi connectivity index (χ3v) is 9.30. The van der Waals surface area contributed by atoms with Gasteiger partial charge in [-0.2, -0.15) is 0 Å². The van der Waals surface area contributed by atoms with Gasteiger partial charge in [-0.15, -0.1) is 29.7 Å². The summed E-state index contributed by atoms with van der Waals surface area (Å²) in [5, 5.41) is 12.4. The molecule has 0 saturated heterocycles. The van der Waals surface area contributed by atoms with Gasteiger partial charge < -0.3 is 15.0 Å². The Labute approximate surface area is 316 Å². The fraction of sp³-hybridized carbons (Fsp3) is 0.0870. The summed E-state index contributed by atoms with van der Waals surface area (Å²) in [7, 11) is 0. The molecule has 4 aromatic heterocycles. The summed E-state index contributed by atoms with van der Waals surface area (Å²) < 4.78 is 0. The standard InChI is InChI=1S/C18H13N.C18H12N.C10H10N3.Ir/c2*1-12-10-17-15-8-3-2-6-13(15)14-7-4-5-9-16(14)18(17)19-11-12;1-7-8(2)13-10(12-7)9-5-3-4-6-11-9;/h2-11H,1H3;2-8,10-11H,1H3;3-6H,1-2H3;/q;2*-1;. The molecular formula is C46H35IrN5-2. The largest absolute Gasteiger partial charge is 0.438 e. The van der Waals surface area contributed by atoms with Crippen molar-refractivity contribution in [1.29, 1.82) is 0 Å². The van der Waals surface area contributed by atoms with E-state index in [4.69, 9.17) is 0 Å². The molecule has 6 heteroatoms. The monoisotopic (exact) mass is 850 g/mol. The van der Waals surface area contributed by atoms with Crippen LogP contribution in [0.15, 0.2) is 140 Å². The van der Waals surface area contributed by atoms with E-state index in [0.717, 1.165) is 39.3 Å². The van der Waals surface area contributed by atoms with Crippen LogP contribution in [0.3, 0.4) is 0 Å². The minimum absolute atomic E-state index is 0. The van der Waals surface area contributed by atoms with Gasteiger partial charge in [0.25, 0.3) is 0 Å². The number of hydrogen-bond donors (Lipinski definition) is 0. The molecule has 1 radical (unpaired) electrons. The molecule has 4 heterocycles. The topological polar surface area (TPSA) is 65.7 Å². The van der Waals surface area contributed by atoms with E-state index in [1.807, 2.05) is 56.6 Å². The molecule has 5 nitrogen and oxygen atoms in total. The summed E-state index contributed by atoms with van der Waals surface area (Å²) >= 11 is 0. The Balaban J connectivity index is 0.000000123. The number of hydrogen-bond acceptors (Lipinski definition) is 4. The van der Waals surface area contributed by atoms with Crippen LogP contribution in [-0.4, -0.2) is 19.9 Å². The van der Waals surface area contributed by atoms with Gasteiger partial charge >= 0.3 is 0 Å². The van der Waals surface area contributed by atoms with Gasteiger partial charge in [-0.05, 0) is 95.3 Å². The Morgan fingerprint density at radius 2 is 1.00 bits per heavy atom. The van der Waals surface area contributed by atoms with Crippen molar-refractivity contribution < 1.29 is 20.1 Å². The Morgan fingerprint density at radius 1 is 0.500 bits per heavy atom. The maximum absolute atomic E-state index is 4.66. The summed E-state index contributed by atoms with van der Waals surface area (Å²) in [4.78, 5) is 22.1. The van der Waals surface area contributed by atoms with Crippen molar-refractivity contribution in [2.45, 2.75) is 27.7 Å². The zero-order valence-electron chi connectivity index (χ0n) is 29.3. The van der Waals surface area contributed by atoms with Crippen molar-refractivity contribution in [2.24, 2.45) is 0 Å². The second-order valence-electron chi connectivity index (χ2n) is 12.8. The molecule has 0 saturated carbocycles. The summed E-state index contributed by atoms with van der Waals surface area (Å²) in [5.41, 5.74) is 7.31. The van der Waals surface area contributed by atoms with Crippen molar-refractivity contribution in [2.75, 3.05) is 0 Å². The van der Waals surface area contributed by atoms with E-state index < -0.39 is 0 Å². The van der Waals surface area contributed by atoms with Crippen LogP contribution in [0.5, 0.6) is 0 Å². The van der Waals surface area contributed by atoms with Gasteiger partial charge in [-0.3, -0.25) is 9.97 Å². The van der Waals surface area contributed by atoms with Crippen molar-refractivity contribution in [3.8, 4) is 11.5 Å². The van der Waals surface area contributed by atoms with Gasteiger partial charge in [0, 0.05) is 49.5 Å². The van der Waals surface area contributed by atoms with E-state index in [-0.39, 0.29) is 20.1 Å². The van der Waals surface area contributed by atoms with Crippen LogP contribution in [0.25, 0.3) is 76.4 Å². The Bertz CT molecular complexity index is 2610. The van der Waals surface area contributed by atoms with Gasteiger partial charge in [-0.25, -0.2) is 0 Å². The van der Waals surface area contributed by atoms with E-state index in [0.29, 0.717) is 0 Å². The smallest absolute Gasteiger partial charge is 0.0786 e. The normalized spacial score (nSPS) is 10.9. The Morgan fingerprint density at radius 3 is 1.58 bits per heavy atom. The molecular weight excluding hydrogens is 815 g/mol. The van der Waals surface area contributed by atoms with Crippen LogP contribution >= 0.6 is 0 Å². The summed E-state index contributed by atoms with van der Waals surface area (Å²) in [6.07, 6.45) is 5.62. The maximum Gasteiger partial charge on any atom is 0.0786 e. The van der Waals surface area contributed by atoms with Crippen LogP contribution in [0.1, 0.15) is 22.5 Å².